The zero-order valence-corrected chi connectivity index (χ0v) is 12.1. The normalized spacial score (nSPS) is 12.3. The van der Waals surface area contributed by atoms with Gasteiger partial charge in [0.05, 0.1) is 7.11 Å². The summed E-state index contributed by atoms with van der Waals surface area (Å²) >= 11 is 0. The van der Waals surface area contributed by atoms with E-state index in [1.54, 1.807) is 19.5 Å². The SMILES string of the molecule is COc1ccc2cc(C(O)c3cncc(C)c3)ccc2c1. The van der Waals surface area contributed by atoms with Crippen molar-refractivity contribution in [3.63, 3.8) is 0 Å². The lowest BCUT2D eigenvalue weighted by Gasteiger charge is -2.13. The van der Waals surface area contributed by atoms with Crippen LogP contribution in [-0.4, -0.2) is 17.2 Å². The summed E-state index contributed by atoms with van der Waals surface area (Å²) in [5, 5.41) is 12.7. The van der Waals surface area contributed by atoms with Crippen LogP contribution in [0.2, 0.25) is 0 Å². The second-order valence-corrected chi connectivity index (χ2v) is 5.17. The zero-order chi connectivity index (χ0) is 14.8. The van der Waals surface area contributed by atoms with E-state index < -0.39 is 6.10 Å². The van der Waals surface area contributed by atoms with Crippen molar-refractivity contribution in [3.8, 4) is 5.75 Å². The van der Waals surface area contributed by atoms with Crippen molar-refractivity contribution in [2.24, 2.45) is 0 Å². The van der Waals surface area contributed by atoms with Crippen LogP contribution in [0.15, 0.2) is 54.9 Å². The van der Waals surface area contributed by atoms with Crippen molar-refractivity contribution in [3.05, 3.63) is 71.5 Å². The Kier molecular flexibility index (Phi) is 3.59. The van der Waals surface area contributed by atoms with Gasteiger partial charge in [-0.1, -0.05) is 24.3 Å². The Morgan fingerprint density at radius 2 is 1.71 bits per heavy atom. The number of nitrogens with zero attached hydrogens (tertiary/aromatic N) is 1. The number of aryl methyl sites for hydroxylation is 1. The molecule has 3 aromatic rings. The third-order valence-electron chi connectivity index (χ3n) is 3.60. The van der Waals surface area contributed by atoms with Gasteiger partial charge >= 0.3 is 0 Å². The molecule has 1 N–H and O–H groups in total. The summed E-state index contributed by atoms with van der Waals surface area (Å²) in [6, 6.07) is 13.8. The highest BCUT2D eigenvalue weighted by molar-refractivity contribution is 5.84. The third kappa shape index (κ3) is 2.73. The summed E-state index contributed by atoms with van der Waals surface area (Å²) in [6.45, 7) is 1.97. The number of methoxy groups -OCH3 is 1. The van der Waals surface area contributed by atoms with Gasteiger partial charge in [-0.3, -0.25) is 4.98 Å². The summed E-state index contributed by atoms with van der Waals surface area (Å²) in [5.74, 6) is 0.832. The lowest BCUT2D eigenvalue weighted by Crippen LogP contribution is -2.00. The van der Waals surface area contributed by atoms with E-state index in [-0.39, 0.29) is 0 Å². The van der Waals surface area contributed by atoms with E-state index in [1.807, 2.05) is 49.4 Å². The van der Waals surface area contributed by atoms with E-state index in [9.17, 15) is 5.11 Å². The quantitative estimate of drug-likeness (QED) is 0.796. The smallest absolute Gasteiger partial charge is 0.119 e. The Hall–Kier alpha value is -2.39. The average molecular weight is 279 g/mol. The standard InChI is InChI=1S/C18H17NO2/c1-12-7-16(11-19-10-12)18(20)15-4-3-14-9-17(21-2)6-5-13(14)8-15/h3-11,18,20H,1-2H3. The number of aliphatic hydroxyl groups excluding tert-OH is 1. The largest absolute Gasteiger partial charge is 0.497 e. The fraction of sp³-hybridized carbons (Fsp3) is 0.167. The Labute approximate surface area is 123 Å². The molecule has 1 aromatic heterocycles. The highest BCUT2D eigenvalue weighted by atomic mass is 16.5. The molecule has 0 bridgehead atoms. The fourth-order valence-corrected chi connectivity index (χ4v) is 2.46. The molecule has 1 heterocycles. The van der Waals surface area contributed by atoms with Crippen LogP contribution in [0.4, 0.5) is 0 Å². The molecule has 0 aliphatic carbocycles. The number of hydrogen-bond donors (Lipinski definition) is 1. The minimum absolute atomic E-state index is 0.663. The van der Waals surface area contributed by atoms with Crippen LogP contribution in [0.5, 0.6) is 5.75 Å². The summed E-state index contributed by atoms with van der Waals surface area (Å²) in [6.07, 6.45) is 2.82. The van der Waals surface area contributed by atoms with Gasteiger partial charge in [0.25, 0.3) is 0 Å². The lowest BCUT2D eigenvalue weighted by atomic mass is 9.99. The second kappa shape index (κ2) is 5.54. The van der Waals surface area contributed by atoms with Crippen molar-refractivity contribution in [1.29, 1.82) is 0 Å². The minimum Gasteiger partial charge on any atom is -0.497 e. The molecule has 0 saturated heterocycles. The molecule has 3 rings (SSSR count). The number of benzene rings is 2. The number of rotatable bonds is 3. The number of ether oxygens (including phenoxy) is 1. The predicted octanol–water partition coefficient (Wildman–Crippen LogP) is 3.63. The van der Waals surface area contributed by atoms with Gasteiger partial charge in [-0.25, -0.2) is 0 Å². The molecule has 2 aromatic carbocycles. The lowest BCUT2D eigenvalue weighted by molar-refractivity contribution is 0.220. The van der Waals surface area contributed by atoms with E-state index in [1.165, 1.54) is 0 Å². The molecule has 0 spiro atoms. The summed E-state index contributed by atoms with van der Waals surface area (Å²) in [4.78, 5) is 4.14. The van der Waals surface area contributed by atoms with Crippen LogP contribution in [0.25, 0.3) is 10.8 Å². The maximum Gasteiger partial charge on any atom is 0.119 e. The maximum absolute atomic E-state index is 10.5. The van der Waals surface area contributed by atoms with Gasteiger partial charge in [0.15, 0.2) is 0 Å². The molecule has 3 nitrogen and oxygen atoms in total. The van der Waals surface area contributed by atoms with Crippen molar-refractivity contribution in [2.75, 3.05) is 7.11 Å². The van der Waals surface area contributed by atoms with E-state index in [0.717, 1.165) is 33.2 Å². The number of pyridine rings is 1. The first-order chi connectivity index (χ1) is 10.2. The van der Waals surface area contributed by atoms with Gasteiger partial charge in [0.2, 0.25) is 0 Å². The Morgan fingerprint density at radius 1 is 0.952 bits per heavy atom. The molecule has 3 heteroatoms. The predicted molar refractivity (Wildman–Crippen MR) is 83.5 cm³/mol. The molecule has 21 heavy (non-hydrogen) atoms. The van der Waals surface area contributed by atoms with Gasteiger partial charge < -0.3 is 9.84 Å². The van der Waals surface area contributed by atoms with Crippen LogP contribution in [-0.2, 0) is 0 Å². The monoisotopic (exact) mass is 279 g/mol. The first-order valence-electron chi connectivity index (χ1n) is 6.85. The first-order valence-corrected chi connectivity index (χ1v) is 6.85. The van der Waals surface area contributed by atoms with Gasteiger partial charge in [-0.15, -0.1) is 0 Å². The maximum atomic E-state index is 10.5. The fourth-order valence-electron chi connectivity index (χ4n) is 2.46. The van der Waals surface area contributed by atoms with E-state index >= 15 is 0 Å². The highest BCUT2D eigenvalue weighted by Gasteiger charge is 2.11. The average Bonchev–Trinajstić information content (AvgIpc) is 2.53. The van der Waals surface area contributed by atoms with Crippen molar-refractivity contribution in [1.82, 2.24) is 4.98 Å². The number of hydrogen-bond acceptors (Lipinski definition) is 3. The zero-order valence-electron chi connectivity index (χ0n) is 12.1. The Morgan fingerprint density at radius 3 is 2.48 bits per heavy atom. The van der Waals surface area contributed by atoms with Crippen LogP contribution in [0.3, 0.4) is 0 Å². The molecule has 0 aliphatic heterocycles. The molecule has 106 valence electrons. The minimum atomic E-state index is -0.663. The highest BCUT2D eigenvalue weighted by Crippen LogP contribution is 2.27. The first kappa shape index (κ1) is 13.6. The van der Waals surface area contributed by atoms with E-state index in [0.29, 0.717) is 0 Å². The summed E-state index contributed by atoms with van der Waals surface area (Å²) < 4.78 is 5.22. The van der Waals surface area contributed by atoms with Crippen LogP contribution in [0.1, 0.15) is 22.8 Å². The molecule has 0 aliphatic rings. The molecular formula is C18H17NO2. The van der Waals surface area contributed by atoms with E-state index in [2.05, 4.69) is 4.98 Å². The molecule has 1 atom stereocenters. The summed E-state index contributed by atoms with van der Waals surface area (Å²) in [7, 11) is 1.66. The number of fused-ring (bicyclic) bond motifs is 1. The molecular weight excluding hydrogens is 262 g/mol. The Bertz CT molecular complexity index is 783. The van der Waals surface area contributed by atoms with Crippen molar-refractivity contribution in [2.45, 2.75) is 13.0 Å². The number of aliphatic hydroxyl groups is 1. The van der Waals surface area contributed by atoms with Crippen LogP contribution < -0.4 is 4.74 Å². The van der Waals surface area contributed by atoms with Gasteiger partial charge in [0.1, 0.15) is 11.9 Å². The summed E-state index contributed by atoms with van der Waals surface area (Å²) in [5.41, 5.74) is 2.71. The Balaban J connectivity index is 2.00. The molecule has 0 fully saturated rings. The van der Waals surface area contributed by atoms with Crippen LogP contribution >= 0.6 is 0 Å². The second-order valence-electron chi connectivity index (χ2n) is 5.17. The van der Waals surface area contributed by atoms with Crippen LogP contribution in [0, 0.1) is 6.92 Å². The van der Waals surface area contributed by atoms with Gasteiger partial charge in [0, 0.05) is 18.0 Å². The molecule has 0 radical (unpaired) electrons. The molecule has 0 saturated carbocycles. The van der Waals surface area contributed by atoms with Crippen molar-refractivity contribution >= 4 is 10.8 Å². The van der Waals surface area contributed by atoms with Crippen molar-refractivity contribution < 1.29 is 9.84 Å². The number of aromatic nitrogens is 1. The van der Waals surface area contributed by atoms with Gasteiger partial charge in [-0.2, -0.15) is 0 Å². The topological polar surface area (TPSA) is 42.4 Å². The molecule has 1 unspecified atom stereocenters. The third-order valence-corrected chi connectivity index (χ3v) is 3.60. The molecule has 0 amide bonds. The van der Waals surface area contributed by atoms with E-state index in [4.69, 9.17) is 4.74 Å². The van der Waals surface area contributed by atoms with Gasteiger partial charge in [-0.05, 0) is 47.0 Å².